The van der Waals surface area contributed by atoms with Crippen LogP contribution in [0.2, 0.25) is 0 Å². The van der Waals surface area contributed by atoms with Gasteiger partial charge in [0.05, 0.1) is 10.9 Å². The SMILES string of the molecule is O=c1c2cnc3nc(C4CCCCC4)nn3c2ccn1CCc1ccccc1. The number of aromatic nitrogens is 5. The zero-order chi connectivity index (χ0) is 18.9. The van der Waals surface area contributed by atoms with Crippen molar-refractivity contribution in [1.29, 1.82) is 0 Å². The topological polar surface area (TPSA) is 65.1 Å². The van der Waals surface area contributed by atoms with E-state index in [-0.39, 0.29) is 5.56 Å². The molecule has 5 rings (SSSR count). The number of fused-ring (bicyclic) bond motifs is 3. The van der Waals surface area contributed by atoms with Crippen molar-refractivity contribution < 1.29 is 0 Å². The molecule has 4 aromatic rings. The molecule has 3 heterocycles. The molecule has 0 amide bonds. The molecule has 0 bridgehead atoms. The van der Waals surface area contributed by atoms with Gasteiger partial charge in [0.2, 0.25) is 0 Å². The molecular weight excluding hydrogens is 350 g/mol. The van der Waals surface area contributed by atoms with Crippen LogP contribution in [-0.4, -0.2) is 24.1 Å². The Hall–Kier alpha value is -3.02. The maximum atomic E-state index is 13.0. The summed E-state index contributed by atoms with van der Waals surface area (Å²) in [5, 5.41) is 5.31. The second kappa shape index (κ2) is 7.19. The van der Waals surface area contributed by atoms with Gasteiger partial charge in [-0.2, -0.15) is 9.50 Å². The van der Waals surface area contributed by atoms with Gasteiger partial charge >= 0.3 is 0 Å². The van der Waals surface area contributed by atoms with Crippen molar-refractivity contribution in [3.8, 4) is 0 Å². The molecule has 142 valence electrons. The van der Waals surface area contributed by atoms with Crippen LogP contribution in [0.25, 0.3) is 16.7 Å². The highest BCUT2D eigenvalue weighted by atomic mass is 16.1. The van der Waals surface area contributed by atoms with Crippen molar-refractivity contribution in [1.82, 2.24) is 24.1 Å². The molecule has 6 nitrogen and oxygen atoms in total. The molecule has 0 N–H and O–H groups in total. The minimum absolute atomic E-state index is 0.0300. The first-order valence-corrected chi connectivity index (χ1v) is 10.1. The van der Waals surface area contributed by atoms with Gasteiger partial charge in [0, 0.05) is 24.9 Å². The molecule has 6 heteroatoms. The van der Waals surface area contributed by atoms with E-state index in [2.05, 4.69) is 22.1 Å². The Balaban J connectivity index is 1.50. The summed E-state index contributed by atoms with van der Waals surface area (Å²) in [6, 6.07) is 12.2. The van der Waals surface area contributed by atoms with Crippen molar-refractivity contribution in [3.05, 3.63) is 70.5 Å². The summed E-state index contributed by atoms with van der Waals surface area (Å²) in [6.07, 6.45) is 10.4. The molecule has 0 atom stereocenters. The molecule has 0 aliphatic heterocycles. The van der Waals surface area contributed by atoms with Crippen LogP contribution in [0, 0.1) is 0 Å². The molecule has 0 radical (unpaired) electrons. The van der Waals surface area contributed by atoms with Crippen LogP contribution in [0.1, 0.15) is 49.4 Å². The Morgan fingerprint density at radius 2 is 1.86 bits per heavy atom. The van der Waals surface area contributed by atoms with E-state index in [1.54, 1.807) is 15.3 Å². The van der Waals surface area contributed by atoms with E-state index in [9.17, 15) is 4.79 Å². The molecule has 1 aliphatic carbocycles. The van der Waals surface area contributed by atoms with E-state index in [0.29, 0.717) is 23.6 Å². The average molecular weight is 373 g/mol. The van der Waals surface area contributed by atoms with Gasteiger partial charge < -0.3 is 4.57 Å². The summed E-state index contributed by atoms with van der Waals surface area (Å²) in [5.74, 6) is 1.86. The predicted molar refractivity (Wildman–Crippen MR) is 109 cm³/mol. The number of hydrogen-bond acceptors (Lipinski definition) is 4. The van der Waals surface area contributed by atoms with E-state index in [4.69, 9.17) is 5.10 Å². The molecule has 0 saturated heterocycles. The highest BCUT2D eigenvalue weighted by Crippen LogP contribution is 2.31. The summed E-state index contributed by atoms with van der Waals surface area (Å²) in [6.45, 7) is 0.640. The van der Waals surface area contributed by atoms with Crippen LogP contribution in [-0.2, 0) is 13.0 Å². The molecule has 1 aromatic carbocycles. The highest BCUT2D eigenvalue weighted by molar-refractivity contribution is 5.78. The van der Waals surface area contributed by atoms with Gasteiger partial charge in [0.15, 0.2) is 5.82 Å². The van der Waals surface area contributed by atoms with Crippen molar-refractivity contribution in [3.63, 3.8) is 0 Å². The third kappa shape index (κ3) is 3.09. The summed E-state index contributed by atoms with van der Waals surface area (Å²) < 4.78 is 3.49. The van der Waals surface area contributed by atoms with Gasteiger partial charge in [-0.1, -0.05) is 49.6 Å². The van der Waals surface area contributed by atoms with Gasteiger partial charge in [-0.3, -0.25) is 4.79 Å². The number of aryl methyl sites for hydroxylation is 2. The summed E-state index contributed by atoms with van der Waals surface area (Å²) >= 11 is 0. The quantitative estimate of drug-likeness (QED) is 0.547. The normalized spacial score (nSPS) is 15.4. The lowest BCUT2D eigenvalue weighted by molar-refractivity contribution is 0.429. The molecule has 0 unspecified atom stereocenters. The molecule has 3 aromatic heterocycles. The third-order valence-corrected chi connectivity index (χ3v) is 5.78. The van der Waals surface area contributed by atoms with Gasteiger partial charge in [-0.05, 0) is 30.9 Å². The lowest BCUT2D eigenvalue weighted by Gasteiger charge is -2.17. The number of benzene rings is 1. The monoisotopic (exact) mass is 373 g/mol. The largest absolute Gasteiger partial charge is 0.314 e. The fourth-order valence-corrected chi connectivity index (χ4v) is 4.18. The minimum Gasteiger partial charge on any atom is -0.314 e. The second-order valence-electron chi connectivity index (χ2n) is 7.62. The highest BCUT2D eigenvalue weighted by Gasteiger charge is 2.21. The minimum atomic E-state index is -0.0300. The van der Waals surface area contributed by atoms with E-state index in [1.165, 1.54) is 24.8 Å². The van der Waals surface area contributed by atoms with Crippen molar-refractivity contribution >= 4 is 16.7 Å². The van der Waals surface area contributed by atoms with Crippen LogP contribution in [0.4, 0.5) is 0 Å². The van der Waals surface area contributed by atoms with Gasteiger partial charge in [-0.25, -0.2) is 4.98 Å². The standard InChI is InChI=1S/C22H23N5O/c28-21-18-15-23-22-24-20(17-9-5-2-6-10-17)25-27(22)19(18)12-14-26(21)13-11-16-7-3-1-4-8-16/h1,3-4,7-8,12,14-15,17H,2,5-6,9-11,13H2. The number of rotatable bonds is 4. The van der Waals surface area contributed by atoms with Crippen LogP contribution in [0.15, 0.2) is 53.6 Å². The number of hydrogen-bond donors (Lipinski definition) is 0. The summed E-state index contributed by atoms with van der Waals surface area (Å²) in [5.41, 5.74) is 1.97. The zero-order valence-electron chi connectivity index (χ0n) is 15.8. The van der Waals surface area contributed by atoms with E-state index >= 15 is 0 Å². The Morgan fingerprint density at radius 3 is 2.68 bits per heavy atom. The molecule has 0 spiro atoms. The second-order valence-corrected chi connectivity index (χ2v) is 7.62. The van der Waals surface area contributed by atoms with Crippen LogP contribution in [0.3, 0.4) is 0 Å². The summed E-state index contributed by atoms with van der Waals surface area (Å²) in [7, 11) is 0. The van der Waals surface area contributed by atoms with E-state index in [1.807, 2.05) is 30.5 Å². The zero-order valence-corrected chi connectivity index (χ0v) is 15.8. The van der Waals surface area contributed by atoms with Crippen LogP contribution in [0.5, 0.6) is 0 Å². The first-order valence-electron chi connectivity index (χ1n) is 10.1. The Labute approximate surface area is 162 Å². The van der Waals surface area contributed by atoms with Gasteiger partial charge in [0.25, 0.3) is 11.3 Å². The Morgan fingerprint density at radius 1 is 1.04 bits per heavy atom. The first kappa shape index (κ1) is 17.1. The smallest absolute Gasteiger partial charge is 0.261 e. The van der Waals surface area contributed by atoms with Crippen molar-refractivity contribution in [2.75, 3.05) is 0 Å². The molecular formula is C22H23N5O. The van der Waals surface area contributed by atoms with E-state index in [0.717, 1.165) is 30.6 Å². The fraction of sp³-hybridized carbons (Fsp3) is 0.364. The van der Waals surface area contributed by atoms with Crippen LogP contribution >= 0.6 is 0 Å². The van der Waals surface area contributed by atoms with Crippen LogP contribution < -0.4 is 5.56 Å². The maximum Gasteiger partial charge on any atom is 0.261 e. The fourth-order valence-electron chi connectivity index (χ4n) is 4.18. The average Bonchev–Trinajstić information content (AvgIpc) is 3.19. The molecule has 28 heavy (non-hydrogen) atoms. The van der Waals surface area contributed by atoms with Gasteiger partial charge in [0.1, 0.15) is 0 Å². The maximum absolute atomic E-state index is 13.0. The molecule has 1 aliphatic rings. The number of pyridine rings is 1. The van der Waals surface area contributed by atoms with E-state index < -0.39 is 0 Å². The number of nitrogens with zero attached hydrogens (tertiary/aromatic N) is 5. The molecule has 1 fully saturated rings. The Kier molecular flexibility index (Phi) is 4.39. The lowest BCUT2D eigenvalue weighted by atomic mass is 9.89. The third-order valence-electron chi connectivity index (χ3n) is 5.78. The van der Waals surface area contributed by atoms with Crippen molar-refractivity contribution in [2.45, 2.75) is 51.0 Å². The lowest BCUT2D eigenvalue weighted by Crippen LogP contribution is -2.21. The van der Waals surface area contributed by atoms with Crippen molar-refractivity contribution in [2.24, 2.45) is 0 Å². The predicted octanol–water partition coefficient (Wildman–Crippen LogP) is 3.73. The summed E-state index contributed by atoms with van der Waals surface area (Å²) in [4.78, 5) is 22.0. The molecule has 1 saturated carbocycles. The first-order chi connectivity index (χ1) is 13.8. The van der Waals surface area contributed by atoms with Gasteiger partial charge in [-0.15, -0.1) is 5.10 Å². The Bertz CT molecular complexity index is 1170.